The number of ether oxygens (including phenoxy) is 1. The molecule has 3 heteroatoms. The smallest absolute Gasteiger partial charge is 0.142 e. The van der Waals surface area contributed by atoms with Crippen molar-refractivity contribution >= 4 is 5.69 Å². The second-order valence-corrected chi connectivity index (χ2v) is 5.82. The van der Waals surface area contributed by atoms with E-state index in [1.807, 2.05) is 0 Å². The van der Waals surface area contributed by atoms with Gasteiger partial charge in [-0.1, -0.05) is 25.5 Å². The summed E-state index contributed by atoms with van der Waals surface area (Å²) in [6.07, 6.45) is 4.08. The van der Waals surface area contributed by atoms with Gasteiger partial charge in [-0.15, -0.1) is 0 Å². The van der Waals surface area contributed by atoms with Gasteiger partial charge >= 0.3 is 0 Å². The van der Waals surface area contributed by atoms with Crippen LogP contribution in [0.2, 0.25) is 0 Å². The summed E-state index contributed by atoms with van der Waals surface area (Å²) in [5.74, 6) is 1.63. The average Bonchev–Trinajstić information content (AvgIpc) is 2.47. The lowest BCUT2D eigenvalue weighted by molar-refractivity contribution is 0.123. The van der Waals surface area contributed by atoms with Crippen molar-refractivity contribution < 1.29 is 4.74 Å². The van der Waals surface area contributed by atoms with Crippen molar-refractivity contribution in [3.8, 4) is 5.75 Å². The molecule has 1 saturated heterocycles. The summed E-state index contributed by atoms with van der Waals surface area (Å²) >= 11 is 0. The molecule has 104 valence electrons. The normalized spacial score (nSPS) is 27.5. The summed E-state index contributed by atoms with van der Waals surface area (Å²) < 4.78 is 5.50. The van der Waals surface area contributed by atoms with E-state index in [0.29, 0.717) is 12.0 Å². The van der Waals surface area contributed by atoms with Crippen LogP contribution in [0.15, 0.2) is 18.2 Å². The van der Waals surface area contributed by atoms with E-state index in [1.54, 1.807) is 7.11 Å². The topological polar surface area (TPSA) is 24.5 Å². The summed E-state index contributed by atoms with van der Waals surface area (Å²) in [6, 6.07) is 6.98. The Morgan fingerprint density at radius 2 is 2.00 bits per heavy atom. The first-order chi connectivity index (χ1) is 9.31. The minimum absolute atomic E-state index is 0.548. The molecule has 0 bridgehead atoms. The van der Waals surface area contributed by atoms with E-state index in [9.17, 15) is 0 Å². The molecule has 0 amide bonds. The molecule has 2 heterocycles. The van der Waals surface area contributed by atoms with Crippen LogP contribution in [0.4, 0.5) is 5.69 Å². The first-order valence-electron chi connectivity index (χ1n) is 7.46. The lowest BCUT2D eigenvalue weighted by Crippen LogP contribution is -2.41. The van der Waals surface area contributed by atoms with Gasteiger partial charge in [0.2, 0.25) is 0 Å². The molecular weight excluding hydrogens is 236 g/mol. The van der Waals surface area contributed by atoms with Crippen LogP contribution in [0.5, 0.6) is 5.75 Å². The van der Waals surface area contributed by atoms with Gasteiger partial charge in [0.05, 0.1) is 12.8 Å². The largest absolute Gasteiger partial charge is 0.495 e. The first-order valence-corrected chi connectivity index (χ1v) is 7.46. The third kappa shape index (κ3) is 2.32. The lowest BCUT2D eigenvalue weighted by atomic mass is 9.87. The number of anilines is 1. The molecule has 0 radical (unpaired) electrons. The lowest BCUT2D eigenvalue weighted by Gasteiger charge is -2.42. The fraction of sp³-hybridized carbons (Fsp3) is 0.625. The van der Waals surface area contributed by atoms with Crippen molar-refractivity contribution in [2.24, 2.45) is 5.92 Å². The predicted octanol–water partition coefficient (Wildman–Crippen LogP) is 3.28. The van der Waals surface area contributed by atoms with Gasteiger partial charge in [0.15, 0.2) is 0 Å². The SMILES string of the molecule is COc1cccc2c1NCC(C)C2N1CCCCC1. The molecule has 1 N–H and O–H groups in total. The molecule has 0 saturated carbocycles. The second-order valence-electron chi connectivity index (χ2n) is 5.82. The van der Waals surface area contributed by atoms with E-state index in [2.05, 4.69) is 35.3 Å². The molecule has 0 spiro atoms. The molecule has 1 aromatic rings. The van der Waals surface area contributed by atoms with Crippen molar-refractivity contribution in [1.82, 2.24) is 4.90 Å². The van der Waals surface area contributed by atoms with Gasteiger partial charge in [-0.3, -0.25) is 4.90 Å². The third-order valence-corrected chi connectivity index (χ3v) is 4.52. The summed E-state index contributed by atoms with van der Waals surface area (Å²) in [7, 11) is 1.76. The van der Waals surface area contributed by atoms with Crippen molar-refractivity contribution in [3.05, 3.63) is 23.8 Å². The minimum Gasteiger partial charge on any atom is -0.495 e. The van der Waals surface area contributed by atoms with Gasteiger partial charge in [-0.25, -0.2) is 0 Å². The maximum absolute atomic E-state index is 5.50. The Morgan fingerprint density at radius 1 is 1.21 bits per heavy atom. The van der Waals surface area contributed by atoms with Crippen LogP contribution in [0.25, 0.3) is 0 Å². The van der Waals surface area contributed by atoms with Gasteiger partial charge in [0.25, 0.3) is 0 Å². The van der Waals surface area contributed by atoms with Gasteiger partial charge < -0.3 is 10.1 Å². The Balaban J connectivity index is 1.96. The van der Waals surface area contributed by atoms with Crippen molar-refractivity contribution in [3.63, 3.8) is 0 Å². The average molecular weight is 260 g/mol. The van der Waals surface area contributed by atoms with Gasteiger partial charge in [-0.05, 0) is 43.5 Å². The van der Waals surface area contributed by atoms with Crippen LogP contribution < -0.4 is 10.1 Å². The number of likely N-dealkylation sites (tertiary alicyclic amines) is 1. The molecule has 1 aromatic carbocycles. The zero-order chi connectivity index (χ0) is 13.2. The van der Waals surface area contributed by atoms with Crippen molar-refractivity contribution in [2.45, 2.75) is 32.2 Å². The Hall–Kier alpha value is -1.22. The van der Waals surface area contributed by atoms with Crippen LogP contribution >= 0.6 is 0 Å². The van der Waals surface area contributed by atoms with E-state index in [0.717, 1.165) is 12.3 Å². The summed E-state index contributed by atoms with van der Waals surface area (Å²) in [5.41, 5.74) is 2.62. The molecule has 2 unspecified atom stereocenters. The number of rotatable bonds is 2. The molecule has 3 nitrogen and oxygen atoms in total. The summed E-state index contributed by atoms with van der Waals surface area (Å²) in [4.78, 5) is 2.67. The van der Waals surface area contributed by atoms with Crippen molar-refractivity contribution in [1.29, 1.82) is 0 Å². The number of nitrogens with one attached hydrogen (secondary N) is 1. The fourth-order valence-electron chi connectivity index (χ4n) is 3.59. The van der Waals surface area contributed by atoms with Crippen LogP contribution in [0.3, 0.4) is 0 Å². The Kier molecular flexibility index (Phi) is 3.65. The summed E-state index contributed by atoms with van der Waals surface area (Å²) in [6.45, 7) is 5.88. The zero-order valence-electron chi connectivity index (χ0n) is 12.0. The number of hydrogen-bond acceptors (Lipinski definition) is 3. The monoisotopic (exact) mass is 260 g/mol. The highest BCUT2D eigenvalue weighted by atomic mass is 16.5. The quantitative estimate of drug-likeness (QED) is 0.883. The van der Waals surface area contributed by atoms with E-state index < -0.39 is 0 Å². The highest BCUT2D eigenvalue weighted by molar-refractivity contribution is 5.64. The van der Waals surface area contributed by atoms with Crippen molar-refractivity contribution in [2.75, 3.05) is 32.1 Å². The standard InChI is InChI=1S/C16H24N2O/c1-12-11-17-15-13(7-6-8-14(15)19-2)16(12)18-9-4-3-5-10-18/h6-8,12,16-17H,3-5,9-11H2,1-2H3. The number of methoxy groups -OCH3 is 1. The molecule has 2 atom stereocenters. The second kappa shape index (κ2) is 5.41. The Labute approximate surface area is 115 Å². The number of nitrogens with zero attached hydrogens (tertiary/aromatic N) is 1. The number of hydrogen-bond donors (Lipinski definition) is 1. The minimum atomic E-state index is 0.548. The number of piperidine rings is 1. The van der Waals surface area contributed by atoms with Gasteiger partial charge in [0.1, 0.15) is 5.75 Å². The maximum atomic E-state index is 5.50. The molecule has 2 aliphatic heterocycles. The summed E-state index contributed by atoms with van der Waals surface area (Å²) in [5, 5.41) is 3.55. The molecule has 19 heavy (non-hydrogen) atoms. The Bertz CT molecular complexity index is 440. The van der Waals surface area contributed by atoms with E-state index in [-0.39, 0.29) is 0 Å². The fourth-order valence-corrected chi connectivity index (χ4v) is 3.59. The van der Waals surface area contributed by atoms with E-state index in [1.165, 1.54) is 43.6 Å². The van der Waals surface area contributed by atoms with Gasteiger partial charge in [-0.2, -0.15) is 0 Å². The van der Waals surface area contributed by atoms with E-state index >= 15 is 0 Å². The van der Waals surface area contributed by atoms with Crippen LogP contribution in [0.1, 0.15) is 37.8 Å². The van der Waals surface area contributed by atoms with Crippen LogP contribution in [-0.4, -0.2) is 31.6 Å². The zero-order valence-corrected chi connectivity index (χ0v) is 12.0. The molecular formula is C16H24N2O. The van der Waals surface area contributed by atoms with E-state index in [4.69, 9.17) is 4.74 Å². The molecule has 2 aliphatic rings. The third-order valence-electron chi connectivity index (χ3n) is 4.52. The Morgan fingerprint density at radius 3 is 2.74 bits per heavy atom. The molecule has 0 aliphatic carbocycles. The van der Waals surface area contributed by atoms with Crippen LogP contribution in [0, 0.1) is 5.92 Å². The first kappa shape index (κ1) is 12.8. The number of para-hydroxylation sites is 1. The van der Waals surface area contributed by atoms with Crippen LogP contribution in [-0.2, 0) is 0 Å². The highest BCUT2D eigenvalue weighted by Crippen LogP contribution is 2.42. The molecule has 3 rings (SSSR count). The number of benzene rings is 1. The maximum Gasteiger partial charge on any atom is 0.142 e. The molecule has 0 aromatic heterocycles. The molecule has 1 fully saturated rings. The van der Waals surface area contributed by atoms with Gasteiger partial charge in [0, 0.05) is 12.6 Å². The highest BCUT2D eigenvalue weighted by Gasteiger charge is 2.33. The predicted molar refractivity (Wildman–Crippen MR) is 78.8 cm³/mol. The number of fused-ring (bicyclic) bond motifs is 1.